The lowest BCUT2D eigenvalue weighted by Gasteiger charge is -2.21. The molecule has 0 saturated carbocycles. The Bertz CT molecular complexity index is 325. The number of nitrogens with one attached hydrogen (secondary N) is 2. The van der Waals surface area contributed by atoms with Crippen molar-refractivity contribution in [2.75, 3.05) is 13.1 Å². The summed E-state index contributed by atoms with van der Waals surface area (Å²) in [5, 5.41) is 7.04. The molecule has 1 rings (SSSR count). The first kappa shape index (κ1) is 14.7. The van der Waals surface area contributed by atoms with Gasteiger partial charge in [-0.2, -0.15) is 0 Å². The van der Waals surface area contributed by atoms with Crippen molar-refractivity contribution in [1.82, 2.24) is 10.6 Å². The Morgan fingerprint density at radius 1 is 1.24 bits per heavy atom. The van der Waals surface area contributed by atoms with Crippen molar-refractivity contribution >= 4 is 11.3 Å². The van der Waals surface area contributed by atoms with E-state index in [4.69, 9.17) is 0 Å². The third-order valence-corrected chi connectivity index (χ3v) is 3.60. The second-order valence-corrected chi connectivity index (χ2v) is 7.12. The Hall–Kier alpha value is -0.380. The second kappa shape index (κ2) is 6.53. The highest BCUT2D eigenvalue weighted by molar-refractivity contribution is 7.11. The quantitative estimate of drug-likeness (QED) is 0.763. The molecule has 0 fully saturated rings. The van der Waals surface area contributed by atoms with E-state index < -0.39 is 0 Å². The number of hydrogen-bond donors (Lipinski definition) is 2. The van der Waals surface area contributed by atoms with E-state index in [-0.39, 0.29) is 5.54 Å². The smallest absolute Gasteiger partial charge is 0.00970 e. The van der Waals surface area contributed by atoms with Crippen LogP contribution in [0.25, 0.3) is 0 Å². The lowest BCUT2D eigenvalue weighted by Crippen LogP contribution is -2.42. The van der Waals surface area contributed by atoms with Crippen LogP contribution in [0.5, 0.6) is 0 Å². The van der Waals surface area contributed by atoms with Crippen LogP contribution in [0.15, 0.2) is 12.1 Å². The molecule has 0 aromatic carbocycles. The third-order valence-electron chi connectivity index (χ3n) is 2.58. The monoisotopic (exact) mass is 254 g/mol. The predicted octanol–water partition coefficient (Wildman–Crippen LogP) is 2.97. The topological polar surface area (TPSA) is 24.1 Å². The average Bonchev–Trinajstić information content (AvgIpc) is 2.57. The van der Waals surface area contributed by atoms with Crippen molar-refractivity contribution in [3.63, 3.8) is 0 Å². The highest BCUT2D eigenvalue weighted by atomic mass is 32.1. The summed E-state index contributed by atoms with van der Waals surface area (Å²) in [5.74, 6) is 0. The number of rotatable bonds is 6. The summed E-state index contributed by atoms with van der Waals surface area (Å²) in [6.07, 6.45) is 1.13. The van der Waals surface area contributed by atoms with E-state index in [1.54, 1.807) is 0 Å². The van der Waals surface area contributed by atoms with Crippen LogP contribution in [0, 0.1) is 6.92 Å². The maximum Gasteiger partial charge on any atom is 0.00970 e. The summed E-state index contributed by atoms with van der Waals surface area (Å²) in [6, 6.07) is 4.99. The van der Waals surface area contributed by atoms with Gasteiger partial charge in [-0.25, -0.2) is 0 Å². The zero-order valence-corrected chi connectivity index (χ0v) is 12.6. The first-order valence-electron chi connectivity index (χ1n) is 6.40. The SMILES string of the molecule is Cc1ccc(CC(C)NCCNC(C)(C)C)s1. The summed E-state index contributed by atoms with van der Waals surface area (Å²) in [5.41, 5.74) is 0.218. The van der Waals surface area contributed by atoms with Gasteiger partial charge in [-0.3, -0.25) is 0 Å². The molecule has 1 unspecified atom stereocenters. The summed E-state index contributed by atoms with van der Waals surface area (Å²) in [6.45, 7) is 13.1. The molecule has 0 amide bonds. The van der Waals surface area contributed by atoms with Crippen molar-refractivity contribution in [1.29, 1.82) is 0 Å². The maximum absolute atomic E-state index is 3.56. The Kier molecular flexibility index (Phi) is 5.63. The predicted molar refractivity (Wildman–Crippen MR) is 78.0 cm³/mol. The second-order valence-electron chi connectivity index (χ2n) is 5.75. The molecule has 0 aliphatic heterocycles. The zero-order valence-electron chi connectivity index (χ0n) is 11.8. The molecule has 17 heavy (non-hydrogen) atoms. The van der Waals surface area contributed by atoms with Crippen LogP contribution in [-0.2, 0) is 6.42 Å². The van der Waals surface area contributed by atoms with Crippen molar-refractivity contribution in [2.45, 2.75) is 52.6 Å². The van der Waals surface area contributed by atoms with Gasteiger partial charge in [0.2, 0.25) is 0 Å². The number of hydrogen-bond acceptors (Lipinski definition) is 3. The lowest BCUT2D eigenvalue weighted by molar-refractivity contribution is 0.412. The van der Waals surface area contributed by atoms with Crippen molar-refractivity contribution in [2.24, 2.45) is 0 Å². The van der Waals surface area contributed by atoms with E-state index in [9.17, 15) is 0 Å². The van der Waals surface area contributed by atoms with Gasteiger partial charge in [-0.1, -0.05) is 0 Å². The molecule has 0 spiro atoms. The largest absolute Gasteiger partial charge is 0.313 e. The van der Waals surface area contributed by atoms with Crippen LogP contribution in [0.1, 0.15) is 37.4 Å². The third kappa shape index (κ3) is 6.81. The van der Waals surface area contributed by atoms with Crippen molar-refractivity contribution in [3.8, 4) is 0 Å². The van der Waals surface area contributed by atoms with E-state index in [2.05, 4.69) is 57.4 Å². The van der Waals surface area contributed by atoms with E-state index in [1.165, 1.54) is 9.75 Å². The molecule has 1 heterocycles. The molecule has 3 heteroatoms. The van der Waals surface area contributed by atoms with Gasteiger partial charge in [0.05, 0.1) is 0 Å². The first-order valence-corrected chi connectivity index (χ1v) is 7.22. The molecular weight excluding hydrogens is 228 g/mol. The minimum atomic E-state index is 0.218. The molecule has 1 aromatic heterocycles. The fraction of sp³-hybridized carbons (Fsp3) is 0.714. The van der Waals surface area contributed by atoms with Gasteiger partial charge < -0.3 is 10.6 Å². The van der Waals surface area contributed by atoms with Crippen LogP contribution < -0.4 is 10.6 Å². The minimum absolute atomic E-state index is 0.218. The Morgan fingerprint density at radius 2 is 1.94 bits per heavy atom. The fourth-order valence-electron chi connectivity index (χ4n) is 1.72. The summed E-state index contributed by atoms with van der Waals surface area (Å²) >= 11 is 1.90. The Morgan fingerprint density at radius 3 is 2.47 bits per heavy atom. The Balaban J connectivity index is 2.15. The van der Waals surface area contributed by atoms with Gasteiger partial charge >= 0.3 is 0 Å². The lowest BCUT2D eigenvalue weighted by atomic mass is 10.1. The molecule has 1 aromatic rings. The summed E-state index contributed by atoms with van der Waals surface area (Å²) < 4.78 is 0. The zero-order chi connectivity index (χ0) is 12.9. The molecule has 2 N–H and O–H groups in total. The van der Waals surface area contributed by atoms with Crippen LogP contribution in [0.2, 0.25) is 0 Å². The summed E-state index contributed by atoms with van der Waals surface area (Å²) in [7, 11) is 0. The van der Waals surface area contributed by atoms with E-state index in [1.807, 2.05) is 11.3 Å². The highest BCUT2D eigenvalue weighted by Gasteiger charge is 2.08. The molecule has 98 valence electrons. The van der Waals surface area contributed by atoms with Gasteiger partial charge in [0.25, 0.3) is 0 Å². The molecule has 2 nitrogen and oxygen atoms in total. The molecular formula is C14H26N2S. The normalized spacial score (nSPS) is 13.9. The Labute approximate surface area is 110 Å². The van der Waals surface area contributed by atoms with E-state index in [0.29, 0.717) is 6.04 Å². The molecule has 0 radical (unpaired) electrons. The first-order chi connectivity index (χ1) is 7.87. The van der Waals surface area contributed by atoms with Crippen molar-refractivity contribution in [3.05, 3.63) is 21.9 Å². The average molecular weight is 254 g/mol. The van der Waals surface area contributed by atoms with Gasteiger partial charge in [-0.15, -0.1) is 11.3 Å². The van der Waals surface area contributed by atoms with E-state index >= 15 is 0 Å². The van der Waals surface area contributed by atoms with Gasteiger partial charge in [0, 0.05) is 34.4 Å². The highest BCUT2D eigenvalue weighted by Crippen LogP contribution is 2.16. The summed E-state index contributed by atoms with van der Waals surface area (Å²) in [4.78, 5) is 2.88. The van der Waals surface area contributed by atoms with Crippen molar-refractivity contribution < 1.29 is 0 Å². The van der Waals surface area contributed by atoms with Gasteiger partial charge in [0.1, 0.15) is 0 Å². The van der Waals surface area contributed by atoms with Crippen LogP contribution in [0.3, 0.4) is 0 Å². The fourth-order valence-corrected chi connectivity index (χ4v) is 2.74. The van der Waals surface area contributed by atoms with Crippen LogP contribution in [0.4, 0.5) is 0 Å². The molecule has 0 saturated heterocycles. The standard InChI is InChI=1S/C14H26N2S/c1-11(10-13-7-6-12(2)17-13)15-8-9-16-14(3,4)5/h6-7,11,15-16H,8-10H2,1-5H3. The maximum atomic E-state index is 3.56. The molecule has 0 bridgehead atoms. The number of aryl methyl sites for hydroxylation is 1. The molecule has 0 aliphatic carbocycles. The van der Waals surface area contributed by atoms with Crippen LogP contribution in [-0.4, -0.2) is 24.7 Å². The van der Waals surface area contributed by atoms with E-state index in [0.717, 1.165) is 19.5 Å². The van der Waals surface area contributed by atoms with Crippen LogP contribution >= 0.6 is 11.3 Å². The van der Waals surface area contributed by atoms with Gasteiger partial charge in [-0.05, 0) is 53.2 Å². The molecule has 1 atom stereocenters. The minimum Gasteiger partial charge on any atom is -0.313 e. The van der Waals surface area contributed by atoms with Gasteiger partial charge in [0.15, 0.2) is 0 Å². The number of thiophene rings is 1. The molecule has 0 aliphatic rings.